The number of nitrogens with zero attached hydrogens (tertiary/aromatic N) is 3. The molecule has 0 aliphatic rings. The standard InChI is InChI=1S/C14H7BrClN3O2/c15-8-5-7-3-1-2-4-10(7)18-11(8)13-17-6-9(16)12(19-13)14(20)21/h1-6H,(H,20,21). The van der Waals surface area contributed by atoms with Gasteiger partial charge < -0.3 is 5.11 Å². The lowest BCUT2D eigenvalue weighted by atomic mass is 10.2. The fourth-order valence-electron chi connectivity index (χ4n) is 1.88. The number of aromatic nitrogens is 3. The van der Waals surface area contributed by atoms with Gasteiger partial charge in [-0.1, -0.05) is 29.8 Å². The number of carboxylic acid groups (broad SMARTS) is 1. The summed E-state index contributed by atoms with van der Waals surface area (Å²) in [5.74, 6) is -1.00. The fourth-order valence-corrected chi connectivity index (χ4v) is 2.56. The molecule has 21 heavy (non-hydrogen) atoms. The van der Waals surface area contributed by atoms with E-state index in [-0.39, 0.29) is 16.5 Å². The van der Waals surface area contributed by atoms with E-state index in [0.717, 1.165) is 10.9 Å². The third-order valence-corrected chi connectivity index (χ3v) is 3.72. The maximum atomic E-state index is 11.1. The van der Waals surface area contributed by atoms with E-state index >= 15 is 0 Å². The van der Waals surface area contributed by atoms with Crippen molar-refractivity contribution in [1.82, 2.24) is 15.0 Å². The molecule has 0 fully saturated rings. The largest absolute Gasteiger partial charge is 0.476 e. The Labute approximate surface area is 132 Å². The summed E-state index contributed by atoms with van der Waals surface area (Å²) in [4.78, 5) is 23.6. The first-order chi connectivity index (χ1) is 10.1. The van der Waals surface area contributed by atoms with E-state index in [1.54, 1.807) is 0 Å². The topological polar surface area (TPSA) is 76.0 Å². The van der Waals surface area contributed by atoms with Gasteiger partial charge in [-0.15, -0.1) is 0 Å². The van der Waals surface area contributed by atoms with Crippen molar-refractivity contribution >= 4 is 44.4 Å². The third-order valence-electron chi connectivity index (χ3n) is 2.84. The Kier molecular flexibility index (Phi) is 3.57. The minimum Gasteiger partial charge on any atom is -0.476 e. The molecule has 0 bridgehead atoms. The highest BCUT2D eigenvalue weighted by Crippen LogP contribution is 2.28. The van der Waals surface area contributed by atoms with Crippen molar-refractivity contribution < 1.29 is 9.90 Å². The second-order valence-corrected chi connectivity index (χ2v) is 5.47. The monoisotopic (exact) mass is 363 g/mol. The summed E-state index contributed by atoms with van der Waals surface area (Å²) in [5.41, 5.74) is 0.988. The molecular weight excluding hydrogens is 358 g/mol. The number of hydrogen-bond donors (Lipinski definition) is 1. The first kappa shape index (κ1) is 13.9. The molecular formula is C14H7BrClN3O2. The molecule has 0 amide bonds. The number of carboxylic acids is 1. The minimum atomic E-state index is -1.21. The number of hydrogen-bond acceptors (Lipinski definition) is 4. The van der Waals surface area contributed by atoms with Crippen LogP contribution in [-0.4, -0.2) is 26.0 Å². The van der Waals surface area contributed by atoms with Crippen LogP contribution < -0.4 is 0 Å². The Morgan fingerprint density at radius 3 is 2.76 bits per heavy atom. The molecule has 0 atom stereocenters. The van der Waals surface area contributed by atoms with Gasteiger partial charge in [0.15, 0.2) is 11.5 Å². The molecule has 104 valence electrons. The van der Waals surface area contributed by atoms with Crippen LogP contribution in [0.25, 0.3) is 22.4 Å². The zero-order chi connectivity index (χ0) is 15.0. The Morgan fingerprint density at radius 1 is 1.24 bits per heavy atom. The highest BCUT2D eigenvalue weighted by molar-refractivity contribution is 9.10. The number of carbonyl (C=O) groups is 1. The highest BCUT2D eigenvalue weighted by Gasteiger charge is 2.16. The van der Waals surface area contributed by atoms with Gasteiger partial charge in [-0.05, 0) is 28.1 Å². The Hall–Kier alpha value is -2.05. The maximum Gasteiger partial charge on any atom is 0.356 e. The molecule has 2 heterocycles. The van der Waals surface area contributed by atoms with Gasteiger partial charge in [-0.25, -0.2) is 19.7 Å². The number of rotatable bonds is 2. The molecule has 1 N–H and O–H groups in total. The van der Waals surface area contributed by atoms with E-state index < -0.39 is 5.97 Å². The average Bonchev–Trinajstić information content (AvgIpc) is 2.47. The van der Waals surface area contributed by atoms with Crippen molar-refractivity contribution in [3.05, 3.63) is 51.7 Å². The molecule has 0 aliphatic carbocycles. The summed E-state index contributed by atoms with van der Waals surface area (Å²) >= 11 is 9.19. The lowest BCUT2D eigenvalue weighted by Gasteiger charge is -2.06. The van der Waals surface area contributed by atoms with E-state index in [1.165, 1.54) is 6.20 Å². The minimum absolute atomic E-state index is 0.0110. The van der Waals surface area contributed by atoms with Gasteiger partial charge in [0.2, 0.25) is 0 Å². The molecule has 0 radical (unpaired) electrons. The SMILES string of the molecule is O=C(O)c1nc(-c2nc3ccccc3cc2Br)ncc1Cl. The summed E-state index contributed by atoms with van der Waals surface area (Å²) in [5, 5.41) is 10.0. The quantitative estimate of drug-likeness (QED) is 0.748. The van der Waals surface area contributed by atoms with Gasteiger partial charge in [-0.2, -0.15) is 0 Å². The predicted octanol–water partition coefficient (Wildman–Crippen LogP) is 3.81. The number of halogens is 2. The van der Waals surface area contributed by atoms with Crippen molar-refractivity contribution in [2.45, 2.75) is 0 Å². The van der Waals surface area contributed by atoms with E-state index in [1.807, 2.05) is 30.3 Å². The smallest absolute Gasteiger partial charge is 0.356 e. The van der Waals surface area contributed by atoms with Crippen molar-refractivity contribution in [3.8, 4) is 11.5 Å². The van der Waals surface area contributed by atoms with E-state index in [9.17, 15) is 4.79 Å². The molecule has 0 spiro atoms. The van der Waals surface area contributed by atoms with Crippen LogP contribution in [0.2, 0.25) is 5.02 Å². The normalized spacial score (nSPS) is 10.8. The second-order valence-electron chi connectivity index (χ2n) is 4.21. The van der Waals surface area contributed by atoms with Gasteiger partial charge in [0.1, 0.15) is 5.69 Å². The lowest BCUT2D eigenvalue weighted by Crippen LogP contribution is -2.05. The molecule has 2 aromatic heterocycles. The molecule has 7 heteroatoms. The van der Waals surface area contributed by atoms with Gasteiger partial charge in [-0.3, -0.25) is 0 Å². The number of pyridine rings is 1. The van der Waals surface area contributed by atoms with Crippen LogP contribution in [0.4, 0.5) is 0 Å². The van der Waals surface area contributed by atoms with Gasteiger partial charge in [0.05, 0.1) is 16.7 Å². The van der Waals surface area contributed by atoms with Crippen molar-refractivity contribution in [2.24, 2.45) is 0 Å². The van der Waals surface area contributed by atoms with E-state index in [0.29, 0.717) is 10.2 Å². The fraction of sp³-hybridized carbons (Fsp3) is 0. The van der Waals surface area contributed by atoms with Crippen LogP contribution in [0.5, 0.6) is 0 Å². The first-order valence-corrected chi connectivity index (χ1v) is 7.05. The Bertz CT molecular complexity index is 870. The van der Waals surface area contributed by atoms with Crippen LogP contribution >= 0.6 is 27.5 Å². The number of benzene rings is 1. The van der Waals surface area contributed by atoms with Crippen LogP contribution in [0.1, 0.15) is 10.5 Å². The van der Waals surface area contributed by atoms with Crippen molar-refractivity contribution in [1.29, 1.82) is 0 Å². The van der Waals surface area contributed by atoms with E-state index in [4.69, 9.17) is 16.7 Å². The average molecular weight is 365 g/mol. The van der Waals surface area contributed by atoms with E-state index in [2.05, 4.69) is 30.9 Å². The highest BCUT2D eigenvalue weighted by atomic mass is 79.9. The lowest BCUT2D eigenvalue weighted by molar-refractivity contribution is 0.0690. The number of para-hydroxylation sites is 1. The maximum absolute atomic E-state index is 11.1. The van der Waals surface area contributed by atoms with Crippen LogP contribution in [0.15, 0.2) is 41.0 Å². The summed E-state index contributed by atoms with van der Waals surface area (Å²) in [6, 6.07) is 9.47. The molecule has 1 aromatic carbocycles. The first-order valence-electron chi connectivity index (χ1n) is 5.88. The molecule has 0 unspecified atom stereocenters. The second kappa shape index (κ2) is 5.38. The Morgan fingerprint density at radius 2 is 2.00 bits per heavy atom. The molecule has 0 aliphatic heterocycles. The molecule has 5 nitrogen and oxygen atoms in total. The zero-order valence-corrected chi connectivity index (χ0v) is 12.8. The zero-order valence-electron chi connectivity index (χ0n) is 10.4. The molecule has 0 saturated carbocycles. The third kappa shape index (κ3) is 2.59. The summed E-state index contributed by atoms with van der Waals surface area (Å²) < 4.78 is 0.680. The summed E-state index contributed by atoms with van der Waals surface area (Å²) in [6.07, 6.45) is 1.26. The van der Waals surface area contributed by atoms with Crippen LogP contribution in [0, 0.1) is 0 Å². The van der Waals surface area contributed by atoms with Crippen LogP contribution in [0.3, 0.4) is 0 Å². The van der Waals surface area contributed by atoms with Gasteiger partial charge in [0, 0.05) is 9.86 Å². The molecule has 0 saturated heterocycles. The van der Waals surface area contributed by atoms with Crippen LogP contribution in [-0.2, 0) is 0 Å². The molecule has 3 rings (SSSR count). The number of aromatic carboxylic acids is 1. The molecule has 3 aromatic rings. The van der Waals surface area contributed by atoms with Crippen molar-refractivity contribution in [3.63, 3.8) is 0 Å². The summed E-state index contributed by atoms with van der Waals surface area (Å²) in [6.45, 7) is 0. The summed E-state index contributed by atoms with van der Waals surface area (Å²) in [7, 11) is 0. The predicted molar refractivity (Wildman–Crippen MR) is 82.4 cm³/mol. The van der Waals surface area contributed by atoms with Gasteiger partial charge in [0.25, 0.3) is 0 Å². The van der Waals surface area contributed by atoms with Gasteiger partial charge >= 0.3 is 5.97 Å². The number of fused-ring (bicyclic) bond motifs is 1. The Balaban J connectivity index is 2.22. The van der Waals surface area contributed by atoms with Crippen molar-refractivity contribution in [2.75, 3.05) is 0 Å².